The molecule has 1 saturated heterocycles. The van der Waals surface area contributed by atoms with Crippen molar-refractivity contribution < 1.29 is 18.4 Å². The molecule has 0 bridgehead atoms. The van der Waals surface area contributed by atoms with E-state index in [1.165, 1.54) is 19.2 Å². The summed E-state index contributed by atoms with van der Waals surface area (Å²) >= 11 is 0. The summed E-state index contributed by atoms with van der Waals surface area (Å²) in [5.41, 5.74) is 0.299. The number of aliphatic imine (C=N–C) groups is 1. The standard InChI is InChI=1S/C15H19F2N5O2.HI/c1-9(11-4-3-10(16)7-12(11)17)21-14(18-2)19-5-6-22-13(23)8-20-15(22)24;/h3-4,7,9H,5-6,8H2,1-2H3,(H,20,24)(H2,18,19,21);1H. The summed E-state index contributed by atoms with van der Waals surface area (Å²) < 4.78 is 26.7. The van der Waals surface area contributed by atoms with E-state index in [2.05, 4.69) is 20.9 Å². The van der Waals surface area contributed by atoms with Crippen molar-refractivity contribution in [3.8, 4) is 0 Å². The van der Waals surface area contributed by atoms with E-state index in [1.807, 2.05) is 0 Å². The van der Waals surface area contributed by atoms with Gasteiger partial charge in [0.25, 0.3) is 0 Å². The summed E-state index contributed by atoms with van der Waals surface area (Å²) in [6, 6.07) is 2.49. The first-order valence-corrected chi connectivity index (χ1v) is 7.42. The molecule has 0 aliphatic carbocycles. The number of rotatable bonds is 5. The van der Waals surface area contributed by atoms with Crippen molar-refractivity contribution in [3.05, 3.63) is 35.4 Å². The predicted molar refractivity (Wildman–Crippen MR) is 99.8 cm³/mol. The first-order valence-electron chi connectivity index (χ1n) is 7.42. The molecule has 25 heavy (non-hydrogen) atoms. The summed E-state index contributed by atoms with van der Waals surface area (Å²) in [6.07, 6.45) is 0. The molecule has 3 amide bonds. The zero-order valence-corrected chi connectivity index (χ0v) is 16.1. The quantitative estimate of drug-likeness (QED) is 0.264. The molecule has 0 aromatic heterocycles. The minimum atomic E-state index is -0.648. The second-order valence-electron chi connectivity index (χ2n) is 5.23. The normalized spacial score (nSPS) is 15.5. The van der Waals surface area contributed by atoms with Crippen LogP contribution in [0.3, 0.4) is 0 Å². The van der Waals surface area contributed by atoms with E-state index in [1.54, 1.807) is 6.92 Å². The molecule has 1 heterocycles. The summed E-state index contributed by atoms with van der Waals surface area (Å²) in [6.45, 7) is 2.19. The van der Waals surface area contributed by atoms with Gasteiger partial charge >= 0.3 is 6.03 Å². The van der Waals surface area contributed by atoms with Crippen molar-refractivity contribution >= 4 is 41.9 Å². The molecule has 1 fully saturated rings. The van der Waals surface area contributed by atoms with E-state index in [4.69, 9.17) is 0 Å². The number of amides is 3. The van der Waals surface area contributed by atoms with Gasteiger partial charge in [-0.15, -0.1) is 24.0 Å². The molecule has 0 spiro atoms. The van der Waals surface area contributed by atoms with Crippen LogP contribution >= 0.6 is 24.0 Å². The van der Waals surface area contributed by atoms with E-state index < -0.39 is 23.7 Å². The number of benzene rings is 1. The van der Waals surface area contributed by atoms with Gasteiger partial charge in [-0.05, 0) is 13.0 Å². The number of urea groups is 1. The third kappa shape index (κ3) is 5.51. The highest BCUT2D eigenvalue weighted by molar-refractivity contribution is 14.0. The number of imide groups is 1. The van der Waals surface area contributed by atoms with Crippen LogP contribution in [0.25, 0.3) is 0 Å². The second kappa shape index (κ2) is 9.49. The lowest BCUT2D eigenvalue weighted by atomic mass is 10.1. The minimum Gasteiger partial charge on any atom is -0.355 e. The van der Waals surface area contributed by atoms with E-state index in [9.17, 15) is 18.4 Å². The van der Waals surface area contributed by atoms with E-state index in [0.29, 0.717) is 11.5 Å². The first kappa shape index (κ1) is 21.1. The monoisotopic (exact) mass is 467 g/mol. The maximum Gasteiger partial charge on any atom is 0.324 e. The molecule has 1 unspecified atom stereocenters. The Labute approximate surface area is 161 Å². The van der Waals surface area contributed by atoms with Crippen molar-refractivity contribution in [2.45, 2.75) is 13.0 Å². The number of hydrogen-bond donors (Lipinski definition) is 3. The fraction of sp³-hybridized carbons (Fsp3) is 0.400. The Balaban J connectivity index is 0.00000312. The fourth-order valence-corrected chi connectivity index (χ4v) is 2.30. The minimum absolute atomic E-state index is 0. The number of hydrogen-bond acceptors (Lipinski definition) is 3. The third-order valence-electron chi connectivity index (χ3n) is 3.57. The highest BCUT2D eigenvalue weighted by Gasteiger charge is 2.27. The lowest BCUT2D eigenvalue weighted by Gasteiger charge is -2.20. The SMILES string of the molecule is CN=C(NCCN1C(=O)CNC1=O)NC(C)c1ccc(F)cc1F.I. The highest BCUT2D eigenvalue weighted by Crippen LogP contribution is 2.17. The molecule has 0 radical (unpaired) electrons. The lowest BCUT2D eigenvalue weighted by molar-refractivity contribution is -0.124. The van der Waals surface area contributed by atoms with Crippen LogP contribution in [0.4, 0.5) is 13.6 Å². The Morgan fingerprint density at radius 3 is 2.68 bits per heavy atom. The maximum atomic E-state index is 13.8. The van der Waals surface area contributed by atoms with Crippen LogP contribution in [0.2, 0.25) is 0 Å². The average Bonchev–Trinajstić information content (AvgIpc) is 2.85. The van der Waals surface area contributed by atoms with Crippen LogP contribution in [-0.2, 0) is 4.79 Å². The fourth-order valence-electron chi connectivity index (χ4n) is 2.30. The van der Waals surface area contributed by atoms with Gasteiger partial charge in [0.15, 0.2) is 5.96 Å². The highest BCUT2D eigenvalue weighted by atomic mass is 127. The van der Waals surface area contributed by atoms with Gasteiger partial charge in [-0.25, -0.2) is 13.6 Å². The van der Waals surface area contributed by atoms with Crippen LogP contribution in [0.15, 0.2) is 23.2 Å². The number of carbonyl (C=O) groups excluding carboxylic acids is 2. The number of guanidine groups is 1. The molecule has 138 valence electrons. The van der Waals surface area contributed by atoms with Crippen LogP contribution in [0.1, 0.15) is 18.5 Å². The molecule has 1 atom stereocenters. The smallest absolute Gasteiger partial charge is 0.324 e. The summed E-state index contributed by atoms with van der Waals surface area (Å²) in [5.74, 6) is -1.20. The van der Waals surface area contributed by atoms with Gasteiger partial charge in [-0.3, -0.25) is 14.7 Å². The van der Waals surface area contributed by atoms with Gasteiger partial charge in [0.2, 0.25) is 5.91 Å². The van der Waals surface area contributed by atoms with Crippen molar-refractivity contribution in [3.63, 3.8) is 0 Å². The van der Waals surface area contributed by atoms with Crippen molar-refractivity contribution in [1.82, 2.24) is 20.9 Å². The molecule has 10 heteroatoms. The average molecular weight is 467 g/mol. The second-order valence-corrected chi connectivity index (χ2v) is 5.23. The summed E-state index contributed by atoms with van der Waals surface area (Å²) in [5, 5.41) is 8.33. The third-order valence-corrected chi connectivity index (χ3v) is 3.57. The van der Waals surface area contributed by atoms with Gasteiger partial charge in [-0.2, -0.15) is 0 Å². The number of carbonyl (C=O) groups is 2. The Hall–Kier alpha value is -1.98. The van der Waals surface area contributed by atoms with Gasteiger partial charge in [-0.1, -0.05) is 6.07 Å². The van der Waals surface area contributed by atoms with Crippen LogP contribution in [0.5, 0.6) is 0 Å². The Morgan fingerprint density at radius 1 is 1.40 bits per heavy atom. The summed E-state index contributed by atoms with van der Waals surface area (Å²) in [4.78, 5) is 28.0. The number of nitrogens with zero attached hydrogens (tertiary/aromatic N) is 2. The zero-order valence-electron chi connectivity index (χ0n) is 13.8. The Kier molecular flexibility index (Phi) is 8.00. The van der Waals surface area contributed by atoms with Crippen LogP contribution < -0.4 is 16.0 Å². The van der Waals surface area contributed by atoms with Gasteiger partial charge in [0.05, 0.1) is 12.6 Å². The van der Waals surface area contributed by atoms with Gasteiger partial charge < -0.3 is 16.0 Å². The zero-order chi connectivity index (χ0) is 17.7. The van der Waals surface area contributed by atoms with Crippen molar-refractivity contribution in [1.29, 1.82) is 0 Å². The maximum absolute atomic E-state index is 13.8. The summed E-state index contributed by atoms with van der Waals surface area (Å²) in [7, 11) is 1.54. The van der Waals surface area contributed by atoms with Gasteiger partial charge in [0, 0.05) is 31.8 Å². The lowest BCUT2D eigenvalue weighted by Crippen LogP contribution is -2.44. The first-order chi connectivity index (χ1) is 11.4. The molecule has 3 N–H and O–H groups in total. The van der Waals surface area contributed by atoms with Gasteiger partial charge in [0.1, 0.15) is 11.6 Å². The van der Waals surface area contributed by atoms with E-state index in [0.717, 1.165) is 11.0 Å². The van der Waals surface area contributed by atoms with Crippen molar-refractivity contribution in [2.75, 3.05) is 26.7 Å². The molecule has 1 aliphatic rings. The topological polar surface area (TPSA) is 85.8 Å². The molecule has 2 rings (SSSR count). The largest absolute Gasteiger partial charge is 0.355 e. The van der Waals surface area contributed by atoms with E-state index in [-0.39, 0.29) is 49.5 Å². The molecular weight excluding hydrogens is 447 g/mol. The molecule has 1 aromatic rings. The van der Waals surface area contributed by atoms with Crippen LogP contribution in [0, 0.1) is 11.6 Å². The van der Waals surface area contributed by atoms with Crippen LogP contribution in [-0.4, -0.2) is 49.5 Å². The van der Waals surface area contributed by atoms with Crippen molar-refractivity contribution in [2.24, 2.45) is 4.99 Å². The molecule has 1 aromatic carbocycles. The number of nitrogens with one attached hydrogen (secondary N) is 3. The molecule has 0 saturated carbocycles. The Bertz CT molecular complexity index is 655. The van der Waals surface area contributed by atoms with E-state index >= 15 is 0 Å². The molecule has 1 aliphatic heterocycles. The predicted octanol–water partition coefficient (Wildman–Crippen LogP) is 1.36. The molecule has 7 nitrogen and oxygen atoms in total. The molecular formula is C15H20F2IN5O2. The Morgan fingerprint density at radius 2 is 2.12 bits per heavy atom. The number of halogens is 3.